The number of carbonyl (C=O) groups excluding carboxylic acids is 2. The summed E-state index contributed by atoms with van der Waals surface area (Å²) in [5.41, 5.74) is 5.32. The average Bonchev–Trinajstić information content (AvgIpc) is 3.17. The summed E-state index contributed by atoms with van der Waals surface area (Å²) in [5, 5.41) is 8.88. The first-order valence-electron chi connectivity index (χ1n) is 21.0. The summed E-state index contributed by atoms with van der Waals surface area (Å²) >= 11 is 0. The highest BCUT2D eigenvalue weighted by Crippen LogP contribution is 2.43. The highest BCUT2D eigenvalue weighted by Gasteiger charge is 2.28. The third kappa shape index (κ3) is 37.8. The van der Waals surface area contributed by atoms with Gasteiger partial charge >= 0.3 is 25.7 Å². The van der Waals surface area contributed by atoms with Crippen LogP contribution in [0.3, 0.4) is 0 Å². The van der Waals surface area contributed by atoms with Crippen LogP contribution in [0.5, 0.6) is 0 Å². The molecule has 0 aromatic rings. The van der Waals surface area contributed by atoms with Crippen LogP contribution in [-0.4, -0.2) is 59.9 Å². The van der Waals surface area contributed by atoms with Crippen molar-refractivity contribution in [1.82, 2.24) is 0 Å². The number of hydrogen-bond acceptors (Lipinski definition) is 9. The molecular weight excluding hydrogens is 733 g/mol. The molecule has 320 valence electrons. The number of carboxylic acids is 1. The van der Waals surface area contributed by atoms with Crippen molar-refractivity contribution in [2.45, 2.75) is 167 Å². The lowest BCUT2D eigenvalue weighted by Gasteiger charge is -2.20. The minimum atomic E-state index is -4.73. The average molecular weight is 808 g/mol. The van der Waals surface area contributed by atoms with Crippen LogP contribution in [-0.2, 0) is 37.5 Å². The predicted molar refractivity (Wildman–Crippen MR) is 226 cm³/mol. The molecule has 3 atom stereocenters. The molecule has 0 aromatic heterocycles. The molecule has 0 bridgehead atoms. The van der Waals surface area contributed by atoms with Gasteiger partial charge in [-0.2, -0.15) is 0 Å². The first kappa shape index (κ1) is 52.9. The third-order valence-electron chi connectivity index (χ3n) is 8.43. The number of hydrogen-bond donors (Lipinski definition) is 3. The van der Waals surface area contributed by atoms with Crippen molar-refractivity contribution in [2.75, 3.05) is 19.8 Å². The number of nitrogens with two attached hydrogens (primary N) is 1. The largest absolute Gasteiger partial charge is 0.480 e. The second-order valence-electron chi connectivity index (χ2n) is 13.8. The summed E-state index contributed by atoms with van der Waals surface area (Å²) in [6, 6.07) is -1.53. The molecule has 56 heavy (non-hydrogen) atoms. The van der Waals surface area contributed by atoms with E-state index in [1.54, 1.807) is 0 Å². The molecule has 0 heterocycles. The van der Waals surface area contributed by atoms with E-state index < -0.39 is 51.1 Å². The van der Waals surface area contributed by atoms with E-state index in [4.69, 9.17) is 24.8 Å². The molecule has 0 aliphatic heterocycles. The van der Waals surface area contributed by atoms with E-state index in [9.17, 15) is 23.8 Å². The van der Waals surface area contributed by atoms with Crippen molar-refractivity contribution in [3.8, 4) is 0 Å². The van der Waals surface area contributed by atoms with Gasteiger partial charge in [0.2, 0.25) is 0 Å². The quantitative estimate of drug-likeness (QED) is 0.0235. The number of ether oxygens (including phenoxy) is 2. The molecule has 0 rings (SSSR count). The van der Waals surface area contributed by atoms with Crippen LogP contribution in [0.15, 0.2) is 72.9 Å². The maximum atomic E-state index is 12.6. The summed E-state index contributed by atoms with van der Waals surface area (Å²) in [4.78, 5) is 45.9. The zero-order valence-corrected chi connectivity index (χ0v) is 35.3. The van der Waals surface area contributed by atoms with Crippen LogP contribution < -0.4 is 5.73 Å². The molecule has 1 unspecified atom stereocenters. The number of allylic oxidation sites excluding steroid dienone is 12. The number of carboxylic acid groups (broad SMARTS) is 1. The standard InChI is InChI=1S/C44H74NO10P/c1-3-5-7-9-11-13-15-17-19-20-22-23-25-27-29-31-33-35-42(46)52-37-40(38-53-56(50,51)54-39-41(45)44(48)49)55-43(47)36-34-32-30-28-26-24-21-18-16-14-12-10-8-6-4-2/h11-14,17-19,21-23,27,29,40-41H,3-10,15-16,20,24-26,28,30-39,45H2,1-2H3,(H,48,49)(H,50,51)/b13-11-,14-12-,19-17-,21-18-,23-22-,29-27-/t40-,41+/m1/s1. The second-order valence-corrected chi connectivity index (χ2v) is 15.2. The van der Waals surface area contributed by atoms with Gasteiger partial charge < -0.3 is 25.2 Å². The lowest BCUT2D eigenvalue weighted by Crippen LogP contribution is -2.34. The van der Waals surface area contributed by atoms with Crippen molar-refractivity contribution >= 4 is 25.7 Å². The first-order valence-corrected chi connectivity index (χ1v) is 22.5. The molecule has 0 saturated heterocycles. The second kappa shape index (κ2) is 38.8. The summed E-state index contributed by atoms with van der Waals surface area (Å²) in [6.07, 6.45) is 45.4. The maximum Gasteiger partial charge on any atom is 0.472 e. The Hall–Kier alpha value is -3.08. The summed E-state index contributed by atoms with van der Waals surface area (Å²) in [5.74, 6) is -2.48. The van der Waals surface area contributed by atoms with E-state index in [-0.39, 0.29) is 19.4 Å². The molecule has 0 fully saturated rings. The summed E-state index contributed by atoms with van der Waals surface area (Å²) < 4.78 is 32.6. The van der Waals surface area contributed by atoms with E-state index in [2.05, 4.69) is 79.1 Å². The Morgan fingerprint density at radius 1 is 0.554 bits per heavy atom. The SMILES string of the molecule is CCCCC/C=C\C/C=C\C/C=C\C/C=C\CCCC(=O)OC[C@H](COP(=O)(O)OC[C@H](N)C(=O)O)OC(=O)CCCCCCC/C=C\C/C=C\CCCCC. The predicted octanol–water partition coefficient (Wildman–Crippen LogP) is 10.9. The Bertz CT molecular complexity index is 1230. The van der Waals surface area contributed by atoms with Gasteiger partial charge in [-0.3, -0.25) is 23.4 Å². The first-order chi connectivity index (χ1) is 27.1. The van der Waals surface area contributed by atoms with Crippen molar-refractivity contribution < 1.29 is 47.5 Å². The van der Waals surface area contributed by atoms with Gasteiger partial charge in [-0.05, 0) is 83.5 Å². The summed E-state index contributed by atoms with van der Waals surface area (Å²) in [6.45, 7) is 2.66. The Morgan fingerprint density at radius 3 is 1.46 bits per heavy atom. The smallest absolute Gasteiger partial charge is 0.472 e. The highest BCUT2D eigenvalue weighted by molar-refractivity contribution is 7.47. The van der Waals surface area contributed by atoms with Crippen LogP contribution in [0, 0.1) is 0 Å². The highest BCUT2D eigenvalue weighted by atomic mass is 31.2. The fraction of sp³-hybridized carbons (Fsp3) is 0.659. The lowest BCUT2D eigenvalue weighted by molar-refractivity contribution is -0.161. The number of carbonyl (C=O) groups is 3. The van der Waals surface area contributed by atoms with Crippen LogP contribution >= 0.6 is 7.82 Å². The fourth-order valence-corrected chi connectivity index (χ4v) is 5.86. The Labute approximate surface area is 338 Å². The Morgan fingerprint density at radius 2 is 0.964 bits per heavy atom. The van der Waals surface area contributed by atoms with Crippen molar-refractivity contribution in [2.24, 2.45) is 5.73 Å². The minimum absolute atomic E-state index is 0.130. The molecule has 4 N–H and O–H groups in total. The molecule has 0 aliphatic rings. The van der Waals surface area contributed by atoms with Crippen molar-refractivity contribution in [3.05, 3.63) is 72.9 Å². The summed E-state index contributed by atoms with van der Waals surface area (Å²) in [7, 11) is -4.73. The van der Waals surface area contributed by atoms with Crippen LogP contribution in [0.25, 0.3) is 0 Å². The van der Waals surface area contributed by atoms with E-state index in [0.29, 0.717) is 19.3 Å². The lowest BCUT2D eigenvalue weighted by atomic mass is 10.1. The van der Waals surface area contributed by atoms with Gasteiger partial charge in [0, 0.05) is 12.8 Å². The zero-order valence-electron chi connectivity index (χ0n) is 34.4. The normalized spacial score (nSPS) is 14.5. The Balaban J connectivity index is 4.52. The van der Waals surface area contributed by atoms with E-state index in [1.807, 2.05) is 12.2 Å². The number of aliphatic carboxylic acids is 1. The monoisotopic (exact) mass is 808 g/mol. The zero-order chi connectivity index (χ0) is 41.4. The fourth-order valence-electron chi connectivity index (χ4n) is 5.09. The van der Waals surface area contributed by atoms with Crippen LogP contribution in [0.2, 0.25) is 0 Å². The van der Waals surface area contributed by atoms with Crippen molar-refractivity contribution in [1.29, 1.82) is 0 Å². The van der Waals surface area contributed by atoms with Gasteiger partial charge in [-0.1, -0.05) is 132 Å². The topological polar surface area (TPSA) is 172 Å². The van der Waals surface area contributed by atoms with Crippen LogP contribution in [0.4, 0.5) is 0 Å². The molecule has 0 amide bonds. The number of esters is 2. The molecule has 0 radical (unpaired) electrons. The van der Waals surface area contributed by atoms with Crippen molar-refractivity contribution in [3.63, 3.8) is 0 Å². The molecule has 0 spiro atoms. The molecular formula is C44H74NO10P. The van der Waals surface area contributed by atoms with E-state index in [1.165, 1.54) is 38.5 Å². The molecule has 11 nitrogen and oxygen atoms in total. The minimum Gasteiger partial charge on any atom is -0.480 e. The van der Waals surface area contributed by atoms with Gasteiger partial charge in [0.1, 0.15) is 12.6 Å². The number of phosphoric acid groups is 1. The Kier molecular flexibility index (Phi) is 36.6. The van der Waals surface area contributed by atoms with Gasteiger partial charge in [0.05, 0.1) is 13.2 Å². The number of phosphoric ester groups is 1. The van der Waals surface area contributed by atoms with Gasteiger partial charge in [0.15, 0.2) is 6.10 Å². The molecule has 0 aromatic carbocycles. The third-order valence-corrected chi connectivity index (χ3v) is 9.38. The molecule has 0 saturated carbocycles. The van der Waals surface area contributed by atoms with E-state index in [0.717, 1.165) is 70.6 Å². The number of unbranched alkanes of at least 4 members (excludes halogenated alkanes) is 12. The van der Waals surface area contributed by atoms with E-state index >= 15 is 0 Å². The van der Waals surface area contributed by atoms with Gasteiger partial charge in [0.25, 0.3) is 0 Å². The number of rotatable bonds is 38. The molecule has 0 aliphatic carbocycles. The van der Waals surface area contributed by atoms with Crippen LogP contribution in [0.1, 0.15) is 155 Å². The molecule has 12 heteroatoms. The van der Waals surface area contributed by atoms with Gasteiger partial charge in [-0.15, -0.1) is 0 Å². The maximum absolute atomic E-state index is 12.6. The van der Waals surface area contributed by atoms with Gasteiger partial charge in [-0.25, -0.2) is 4.57 Å².